The minimum Gasteiger partial charge on any atom is -0.388 e. The van der Waals surface area contributed by atoms with E-state index >= 15 is 0 Å². The zero-order valence-electron chi connectivity index (χ0n) is 10.1. The summed E-state index contributed by atoms with van der Waals surface area (Å²) in [5.41, 5.74) is 2.15. The average Bonchev–Trinajstić information content (AvgIpc) is 2.38. The van der Waals surface area contributed by atoms with Crippen molar-refractivity contribution in [3.05, 3.63) is 64.1 Å². The average molecular weight is 323 g/mol. The Bertz CT molecular complexity index is 527. The number of halogens is 1. The van der Waals surface area contributed by atoms with Gasteiger partial charge >= 0.3 is 0 Å². The lowest BCUT2D eigenvalue weighted by Crippen LogP contribution is -2.02. The van der Waals surface area contributed by atoms with Crippen LogP contribution in [0, 0.1) is 6.92 Å². The minimum atomic E-state index is -0.427. The topological polar surface area (TPSA) is 20.2 Å². The van der Waals surface area contributed by atoms with Crippen LogP contribution in [-0.2, 0) is 0 Å². The molecule has 18 heavy (non-hydrogen) atoms. The van der Waals surface area contributed by atoms with Crippen LogP contribution < -0.4 is 0 Å². The van der Waals surface area contributed by atoms with Gasteiger partial charge in [0, 0.05) is 15.1 Å². The van der Waals surface area contributed by atoms with Gasteiger partial charge in [0.1, 0.15) is 0 Å². The molecule has 2 rings (SSSR count). The largest absolute Gasteiger partial charge is 0.388 e. The van der Waals surface area contributed by atoms with Crippen LogP contribution in [0.4, 0.5) is 0 Å². The Labute approximate surface area is 120 Å². The van der Waals surface area contributed by atoms with E-state index in [2.05, 4.69) is 22.0 Å². The lowest BCUT2D eigenvalue weighted by atomic mass is 10.1. The Morgan fingerprint density at radius 1 is 1.11 bits per heavy atom. The van der Waals surface area contributed by atoms with Crippen LogP contribution >= 0.6 is 27.7 Å². The van der Waals surface area contributed by atoms with Gasteiger partial charge in [0.05, 0.1) is 6.10 Å². The van der Waals surface area contributed by atoms with Gasteiger partial charge in [-0.1, -0.05) is 36.4 Å². The number of rotatable bonds is 4. The molecule has 0 spiro atoms. The highest BCUT2D eigenvalue weighted by atomic mass is 79.9. The van der Waals surface area contributed by atoms with Crippen molar-refractivity contribution in [2.75, 3.05) is 5.75 Å². The van der Waals surface area contributed by atoms with Crippen molar-refractivity contribution in [3.63, 3.8) is 0 Å². The fraction of sp³-hybridized carbons (Fsp3) is 0.200. The fourth-order valence-corrected chi connectivity index (χ4v) is 3.31. The third-order valence-corrected chi connectivity index (χ3v) is 4.88. The molecule has 1 unspecified atom stereocenters. The predicted octanol–water partition coefficient (Wildman–Crippen LogP) is 4.58. The molecule has 1 N–H and O–H groups in total. The summed E-state index contributed by atoms with van der Waals surface area (Å²) in [4.78, 5) is 1.16. The molecule has 94 valence electrons. The van der Waals surface area contributed by atoms with E-state index in [0.717, 1.165) is 20.5 Å². The lowest BCUT2D eigenvalue weighted by Gasteiger charge is -2.13. The standard InChI is InChI=1S/C15H15BrOS/c1-11-6-2-3-7-12(11)14(17)10-18-15-9-5-4-8-13(15)16/h2-9,14,17H,10H2,1H3. The molecule has 0 saturated carbocycles. The van der Waals surface area contributed by atoms with Crippen molar-refractivity contribution in [1.29, 1.82) is 0 Å². The van der Waals surface area contributed by atoms with Gasteiger partial charge in [-0.05, 0) is 46.1 Å². The Kier molecular flexibility index (Phi) is 4.87. The van der Waals surface area contributed by atoms with Gasteiger partial charge in [0.25, 0.3) is 0 Å². The Morgan fingerprint density at radius 2 is 1.78 bits per heavy atom. The third kappa shape index (κ3) is 3.37. The Morgan fingerprint density at radius 3 is 2.50 bits per heavy atom. The summed E-state index contributed by atoms with van der Waals surface area (Å²) < 4.78 is 1.08. The fourth-order valence-electron chi connectivity index (χ4n) is 1.78. The molecule has 1 nitrogen and oxygen atoms in total. The van der Waals surface area contributed by atoms with E-state index in [9.17, 15) is 5.11 Å². The highest BCUT2D eigenvalue weighted by Gasteiger charge is 2.11. The second kappa shape index (κ2) is 6.41. The zero-order chi connectivity index (χ0) is 13.0. The van der Waals surface area contributed by atoms with Crippen molar-refractivity contribution in [1.82, 2.24) is 0 Å². The number of benzene rings is 2. The van der Waals surface area contributed by atoms with Crippen molar-refractivity contribution in [3.8, 4) is 0 Å². The summed E-state index contributed by atoms with van der Waals surface area (Å²) >= 11 is 5.18. The first-order valence-corrected chi connectivity index (χ1v) is 7.57. The van der Waals surface area contributed by atoms with Crippen LogP contribution in [-0.4, -0.2) is 10.9 Å². The molecule has 0 heterocycles. The summed E-state index contributed by atoms with van der Waals surface area (Å²) in [5.74, 6) is 0.660. The Balaban J connectivity index is 2.03. The molecule has 0 aliphatic carbocycles. The number of aliphatic hydroxyl groups excluding tert-OH is 1. The molecule has 0 aliphatic rings. The minimum absolute atomic E-state index is 0.427. The maximum atomic E-state index is 10.2. The van der Waals surface area contributed by atoms with Crippen LogP contribution in [0.15, 0.2) is 57.9 Å². The van der Waals surface area contributed by atoms with E-state index in [1.165, 1.54) is 0 Å². The van der Waals surface area contributed by atoms with Crippen molar-refractivity contribution >= 4 is 27.7 Å². The lowest BCUT2D eigenvalue weighted by molar-refractivity contribution is 0.203. The van der Waals surface area contributed by atoms with E-state index in [4.69, 9.17) is 0 Å². The molecule has 0 radical (unpaired) electrons. The highest BCUT2D eigenvalue weighted by molar-refractivity contribution is 9.10. The van der Waals surface area contributed by atoms with Gasteiger partial charge in [0.15, 0.2) is 0 Å². The second-order valence-corrected chi connectivity index (χ2v) is 6.03. The third-order valence-electron chi connectivity index (χ3n) is 2.78. The van der Waals surface area contributed by atoms with E-state index in [1.807, 2.05) is 49.4 Å². The van der Waals surface area contributed by atoms with Crippen molar-refractivity contribution in [2.24, 2.45) is 0 Å². The van der Waals surface area contributed by atoms with Gasteiger partial charge in [-0.2, -0.15) is 0 Å². The molecule has 2 aromatic carbocycles. The predicted molar refractivity (Wildman–Crippen MR) is 81.0 cm³/mol. The van der Waals surface area contributed by atoms with Crippen LogP contribution in [0.2, 0.25) is 0 Å². The van der Waals surface area contributed by atoms with Gasteiger partial charge in [0.2, 0.25) is 0 Å². The summed E-state index contributed by atoms with van der Waals surface area (Å²) in [5, 5.41) is 10.2. The molecule has 0 amide bonds. The van der Waals surface area contributed by atoms with Crippen molar-refractivity contribution in [2.45, 2.75) is 17.9 Å². The number of thioether (sulfide) groups is 1. The molecule has 0 fully saturated rings. The Hall–Kier alpha value is -0.770. The van der Waals surface area contributed by atoms with Crippen LogP contribution in [0.1, 0.15) is 17.2 Å². The van der Waals surface area contributed by atoms with Gasteiger partial charge in [-0.15, -0.1) is 11.8 Å². The summed E-state index contributed by atoms with van der Waals surface area (Å²) in [6, 6.07) is 16.0. The zero-order valence-corrected chi connectivity index (χ0v) is 12.5. The maximum Gasteiger partial charge on any atom is 0.0886 e. The quantitative estimate of drug-likeness (QED) is 0.831. The van der Waals surface area contributed by atoms with Crippen LogP contribution in [0.25, 0.3) is 0 Å². The van der Waals surface area contributed by atoms with E-state index in [0.29, 0.717) is 5.75 Å². The highest BCUT2D eigenvalue weighted by Crippen LogP contribution is 2.30. The van der Waals surface area contributed by atoms with Crippen LogP contribution in [0.5, 0.6) is 0 Å². The molecule has 0 aliphatic heterocycles. The first kappa shape index (κ1) is 13.7. The van der Waals surface area contributed by atoms with Crippen LogP contribution in [0.3, 0.4) is 0 Å². The molecule has 0 saturated heterocycles. The van der Waals surface area contributed by atoms with E-state index in [1.54, 1.807) is 11.8 Å². The monoisotopic (exact) mass is 322 g/mol. The number of hydrogen-bond acceptors (Lipinski definition) is 2. The SMILES string of the molecule is Cc1ccccc1C(O)CSc1ccccc1Br. The molecular formula is C15H15BrOS. The molecule has 0 aromatic heterocycles. The van der Waals surface area contributed by atoms with Gasteiger partial charge in [-0.25, -0.2) is 0 Å². The normalized spacial score (nSPS) is 12.4. The van der Waals surface area contributed by atoms with E-state index in [-0.39, 0.29) is 0 Å². The molecular weight excluding hydrogens is 308 g/mol. The molecule has 0 bridgehead atoms. The molecule has 2 aromatic rings. The van der Waals surface area contributed by atoms with E-state index < -0.39 is 6.10 Å². The summed E-state index contributed by atoms with van der Waals surface area (Å²) in [6.45, 7) is 2.03. The smallest absolute Gasteiger partial charge is 0.0886 e. The first-order chi connectivity index (χ1) is 8.68. The first-order valence-electron chi connectivity index (χ1n) is 5.79. The molecule has 3 heteroatoms. The molecule has 1 atom stereocenters. The number of hydrogen-bond donors (Lipinski definition) is 1. The maximum absolute atomic E-state index is 10.2. The summed E-state index contributed by atoms with van der Waals surface area (Å²) in [6.07, 6.45) is -0.427. The second-order valence-electron chi connectivity index (χ2n) is 4.11. The van der Waals surface area contributed by atoms with Gasteiger partial charge in [-0.3, -0.25) is 0 Å². The van der Waals surface area contributed by atoms with Crippen molar-refractivity contribution < 1.29 is 5.11 Å². The number of aryl methyl sites for hydroxylation is 1. The number of aliphatic hydroxyl groups is 1. The summed E-state index contributed by atoms with van der Waals surface area (Å²) in [7, 11) is 0. The van der Waals surface area contributed by atoms with Gasteiger partial charge < -0.3 is 5.11 Å².